The molecule has 0 amide bonds. The van der Waals surface area contributed by atoms with Crippen molar-refractivity contribution in [2.24, 2.45) is 0 Å². The largest absolute Gasteiger partial charge is 0.482 e. The fourth-order valence-electron chi connectivity index (χ4n) is 1.58. The highest BCUT2D eigenvalue weighted by Crippen LogP contribution is 2.33. The maximum atomic E-state index is 13.7. The Morgan fingerprint density at radius 1 is 1.35 bits per heavy atom. The highest BCUT2D eigenvalue weighted by atomic mass is 19.3. The summed E-state index contributed by atoms with van der Waals surface area (Å²) in [6.45, 7) is -1.66. The first kappa shape index (κ1) is 14.3. The number of hydrogen-bond donors (Lipinski definition) is 1. The Labute approximate surface area is 110 Å². The first-order chi connectivity index (χ1) is 9.33. The number of ether oxygens (including phenoxy) is 1. The summed E-state index contributed by atoms with van der Waals surface area (Å²) in [4.78, 5) is 3.77. The molecule has 0 aliphatic carbocycles. The average Bonchev–Trinajstić information content (AvgIpc) is 2.38. The molecule has 3 nitrogen and oxygen atoms in total. The number of hydrogen-bond acceptors (Lipinski definition) is 3. The molecule has 0 bridgehead atoms. The Balaban J connectivity index is 2.40. The summed E-state index contributed by atoms with van der Waals surface area (Å²) in [5.74, 6) is -6.05. The molecular weight excluding hydrogens is 283 g/mol. The zero-order valence-corrected chi connectivity index (χ0v) is 9.92. The molecule has 1 aromatic carbocycles. The topological polar surface area (TPSA) is 48.1 Å². The number of fused-ring (bicyclic) bond motifs is 1. The van der Waals surface area contributed by atoms with Crippen LogP contribution in [0.3, 0.4) is 0 Å². The Morgan fingerprint density at radius 3 is 2.70 bits per heavy atom. The Morgan fingerprint density at radius 2 is 2.05 bits per heavy atom. The summed E-state index contributed by atoms with van der Waals surface area (Å²) in [6.07, 6.45) is -2.63. The van der Waals surface area contributed by atoms with Gasteiger partial charge < -0.3 is 10.5 Å². The fourth-order valence-corrected chi connectivity index (χ4v) is 1.58. The van der Waals surface area contributed by atoms with Gasteiger partial charge in [-0.1, -0.05) is 0 Å². The Bertz CT molecular complexity index is 633. The van der Waals surface area contributed by atoms with Gasteiger partial charge in [-0.3, -0.25) is 4.98 Å². The van der Waals surface area contributed by atoms with Gasteiger partial charge in [0, 0.05) is 23.3 Å². The normalized spacial score (nSPS) is 12.1. The van der Waals surface area contributed by atoms with Crippen molar-refractivity contribution >= 4 is 16.6 Å². The highest BCUT2D eigenvalue weighted by molar-refractivity contribution is 5.94. The van der Waals surface area contributed by atoms with Crippen LogP contribution in [-0.2, 0) is 0 Å². The number of benzene rings is 1. The highest BCUT2D eigenvalue weighted by Gasteiger charge is 2.42. The van der Waals surface area contributed by atoms with Crippen LogP contribution in [0.2, 0.25) is 0 Å². The van der Waals surface area contributed by atoms with Gasteiger partial charge in [0.25, 0.3) is 0 Å². The molecule has 2 aromatic rings. The van der Waals surface area contributed by atoms with Crippen molar-refractivity contribution in [3.63, 3.8) is 0 Å². The number of pyridine rings is 1. The Hall–Kier alpha value is -2.12. The van der Waals surface area contributed by atoms with Crippen LogP contribution < -0.4 is 10.5 Å². The number of nitrogens with zero attached hydrogens (tertiary/aromatic N) is 1. The van der Waals surface area contributed by atoms with E-state index in [2.05, 4.69) is 9.72 Å². The van der Waals surface area contributed by atoms with Crippen LogP contribution in [0, 0.1) is 5.82 Å². The molecule has 0 atom stereocenters. The van der Waals surface area contributed by atoms with Gasteiger partial charge in [-0.2, -0.15) is 8.78 Å². The number of alkyl halides is 4. The van der Waals surface area contributed by atoms with Crippen molar-refractivity contribution in [1.82, 2.24) is 4.98 Å². The third-order valence-corrected chi connectivity index (χ3v) is 2.56. The molecule has 20 heavy (non-hydrogen) atoms. The van der Waals surface area contributed by atoms with Crippen molar-refractivity contribution < 1.29 is 26.7 Å². The summed E-state index contributed by atoms with van der Waals surface area (Å²) < 4.78 is 67.9. The molecule has 0 aliphatic heterocycles. The van der Waals surface area contributed by atoms with Crippen LogP contribution in [0.5, 0.6) is 5.75 Å². The van der Waals surface area contributed by atoms with Crippen molar-refractivity contribution in [2.45, 2.75) is 12.3 Å². The van der Waals surface area contributed by atoms with Crippen molar-refractivity contribution in [1.29, 1.82) is 0 Å². The molecule has 0 saturated heterocycles. The van der Waals surface area contributed by atoms with E-state index in [1.807, 2.05) is 0 Å². The molecule has 108 valence electrons. The summed E-state index contributed by atoms with van der Waals surface area (Å²) in [5.41, 5.74) is 5.49. The molecule has 0 fully saturated rings. The van der Waals surface area contributed by atoms with Gasteiger partial charge in [0.05, 0.1) is 0 Å². The zero-order valence-electron chi connectivity index (χ0n) is 9.92. The number of nitrogens with two attached hydrogens (primary N) is 1. The second-order valence-electron chi connectivity index (χ2n) is 4.03. The summed E-state index contributed by atoms with van der Waals surface area (Å²) in [7, 11) is 0. The van der Waals surface area contributed by atoms with Crippen LogP contribution in [0.4, 0.5) is 27.6 Å². The minimum absolute atomic E-state index is 0.0403. The molecule has 0 saturated carbocycles. The lowest BCUT2D eigenvalue weighted by atomic mass is 10.1. The second kappa shape index (κ2) is 5.10. The molecule has 0 spiro atoms. The quantitative estimate of drug-likeness (QED) is 0.695. The maximum Gasteiger partial charge on any atom is 0.340 e. The molecule has 8 heteroatoms. The van der Waals surface area contributed by atoms with E-state index < -0.39 is 30.5 Å². The van der Waals surface area contributed by atoms with Crippen LogP contribution in [0.25, 0.3) is 10.9 Å². The van der Waals surface area contributed by atoms with E-state index in [9.17, 15) is 22.0 Å². The van der Waals surface area contributed by atoms with E-state index in [0.717, 1.165) is 6.07 Å². The van der Waals surface area contributed by atoms with E-state index >= 15 is 0 Å². The zero-order chi connectivity index (χ0) is 14.9. The van der Waals surface area contributed by atoms with E-state index in [-0.39, 0.29) is 16.6 Å². The molecule has 0 aliphatic rings. The fraction of sp³-hybridized carbons (Fsp3) is 0.250. The van der Waals surface area contributed by atoms with E-state index in [1.54, 1.807) is 0 Å². The van der Waals surface area contributed by atoms with Gasteiger partial charge in [-0.25, -0.2) is 13.2 Å². The second-order valence-corrected chi connectivity index (χ2v) is 4.03. The molecule has 2 rings (SSSR count). The van der Waals surface area contributed by atoms with E-state index in [1.165, 1.54) is 18.3 Å². The molecular formula is C12H9F5N2O. The van der Waals surface area contributed by atoms with Gasteiger partial charge in [0.1, 0.15) is 5.52 Å². The first-order valence-corrected chi connectivity index (χ1v) is 5.44. The van der Waals surface area contributed by atoms with Gasteiger partial charge in [0.2, 0.25) is 0 Å². The van der Waals surface area contributed by atoms with E-state index in [4.69, 9.17) is 5.73 Å². The van der Waals surface area contributed by atoms with Crippen LogP contribution in [0.15, 0.2) is 24.4 Å². The van der Waals surface area contributed by atoms with Gasteiger partial charge in [-0.05, 0) is 12.1 Å². The molecule has 1 aromatic heterocycles. The summed E-state index contributed by atoms with van der Waals surface area (Å²) in [6, 6.07) is 3.85. The summed E-state index contributed by atoms with van der Waals surface area (Å²) in [5, 5.41) is 0.282. The van der Waals surface area contributed by atoms with Gasteiger partial charge >= 0.3 is 12.3 Å². The third kappa shape index (κ3) is 2.59. The number of rotatable bonds is 4. The smallest absolute Gasteiger partial charge is 0.340 e. The number of halogens is 5. The van der Waals surface area contributed by atoms with Crippen molar-refractivity contribution in [2.75, 3.05) is 12.3 Å². The lowest BCUT2D eigenvalue weighted by Crippen LogP contribution is -2.34. The monoisotopic (exact) mass is 292 g/mol. The minimum Gasteiger partial charge on any atom is -0.482 e. The van der Waals surface area contributed by atoms with Gasteiger partial charge in [-0.15, -0.1) is 0 Å². The SMILES string of the molecule is Nc1cc(F)c(OCC(F)(F)C(F)F)c2ncccc12. The predicted octanol–water partition coefficient (Wildman–Crippen LogP) is 3.24. The Kier molecular flexibility index (Phi) is 3.65. The number of aromatic nitrogens is 1. The maximum absolute atomic E-state index is 13.7. The molecule has 2 N–H and O–H groups in total. The molecule has 0 unspecified atom stereocenters. The number of nitrogen functional groups attached to an aromatic ring is 1. The van der Waals surface area contributed by atoms with Gasteiger partial charge in [0.15, 0.2) is 18.2 Å². The summed E-state index contributed by atoms with van der Waals surface area (Å²) >= 11 is 0. The van der Waals surface area contributed by atoms with Crippen LogP contribution in [-0.4, -0.2) is 23.9 Å². The minimum atomic E-state index is -4.38. The predicted molar refractivity (Wildman–Crippen MR) is 62.6 cm³/mol. The lowest BCUT2D eigenvalue weighted by molar-refractivity contribution is -0.148. The average molecular weight is 292 g/mol. The van der Waals surface area contributed by atoms with Crippen molar-refractivity contribution in [3.05, 3.63) is 30.2 Å². The van der Waals surface area contributed by atoms with Crippen LogP contribution >= 0.6 is 0 Å². The molecule has 1 heterocycles. The number of anilines is 1. The third-order valence-electron chi connectivity index (χ3n) is 2.56. The molecule has 0 radical (unpaired) electrons. The lowest BCUT2D eigenvalue weighted by Gasteiger charge is -2.17. The first-order valence-electron chi connectivity index (χ1n) is 5.44. The van der Waals surface area contributed by atoms with E-state index in [0.29, 0.717) is 0 Å². The van der Waals surface area contributed by atoms with Crippen LogP contribution in [0.1, 0.15) is 0 Å². The standard InChI is InChI=1S/C12H9F5N2O/c13-7-4-8(18)6-2-1-3-19-9(6)10(7)20-5-12(16,17)11(14)15/h1-4,11H,5,18H2. The van der Waals surface area contributed by atoms with Crippen molar-refractivity contribution in [3.8, 4) is 5.75 Å².